The van der Waals surface area contributed by atoms with Crippen LogP contribution in [0, 0.1) is 5.92 Å². The van der Waals surface area contributed by atoms with E-state index in [0.29, 0.717) is 37.5 Å². The van der Waals surface area contributed by atoms with Crippen LogP contribution in [0.25, 0.3) is 0 Å². The number of ether oxygens (including phenoxy) is 1. The van der Waals surface area contributed by atoms with Gasteiger partial charge in [-0.25, -0.2) is 0 Å². The van der Waals surface area contributed by atoms with Crippen LogP contribution in [0.15, 0.2) is 41.8 Å². The largest absolute Gasteiger partial charge is 0.497 e. The lowest BCUT2D eigenvalue weighted by molar-refractivity contribution is -0.137. The number of hydrogen-bond donors (Lipinski definition) is 1. The molecule has 3 amide bonds. The standard InChI is InChI=1S/C27H34N4O4S/c1-35-22-6-2-5-19(15-22)17-30(25(32)20-8-9-20)21-16-23(26(33)29-12-4-10-28-11-13-29)31(18-21)27(34)24-7-3-14-36-24/h2-3,5-7,14-15,20-21,23,28H,4,8-13,16-18H2,1H3. The van der Waals surface area contributed by atoms with E-state index in [4.69, 9.17) is 4.74 Å². The van der Waals surface area contributed by atoms with Gasteiger partial charge < -0.3 is 24.8 Å². The zero-order valence-electron chi connectivity index (χ0n) is 20.7. The summed E-state index contributed by atoms with van der Waals surface area (Å²) >= 11 is 1.39. The molecule has 0 bridgehead atoms. The quantitative estimate of drug-likeness (QED) is 0.619. The van der Waals surface area contributed by atoms with Gasteiger partial charge in [0, 0.05) is 38.6 Å². The number of benzene rings is 1. The van der Waals surface area contributed by atoms with Crippen LogP contribution < -0.4 is 10.1 Å². The number of hydrogen-bond acceptors (Lipinski definition) is 6. The number of rotatable bonds is 7. The fourth-order valence-electron chi connectivity index (χ4n) is 5.24. The fraction of sp³-hybridized carbons (Fsp3) is 0.519. The lowest BCUT2D eigenvalue weighted by Crippen LogP contribution is -2.48. The first-order chi connectivity index (χ1) is 17.5. The normalized spacial score (nSPS) is 22.2. The highest BCUT2D eigenvalue weighted by Gasteiger charge is 2.46. The second-order valence-corrected chi connectivity index (χ2v) is 10.8. The van der Waals surface area contributed by atoms with Gasteiger partial charge >= 0.3 is 0 Å². The Hall–Kier alpha value is -2.91. The number of amides is 3. The lowest BCUT2D eigenvalue weighted by atomic mass is 10.1. The molecule has 8 nitrogen and oxygen atoms in total. The molecule has 0 spiro atoms. The molecule has 5 rings (SSSR count). The van der Waals surface area contributed by atoms with Crippen LogP contribution in [-0.4, -0.2) is 84.3 Å². The number of nitrogens with one attached hydrogen (secondary N) is 1. The molecule has 9 heteroatoms. The Balaban J connectivity index is 1.42. The SMILES string of the molecule is COc1cccc(CN(C(=O)C2CC2)C2CC(C(=O)N3CCCNCC3)N(C(=O)c3cccs3)C2)c1. The summed E-state index contributed by atoms with van der Waals surface area (Å²) in [6, 6.07) is 10.6. The predicted molar refractivity (Wildman–Crippen MR) is 138 cm³/mol. The van der Waals surface area contributed by atoms with Crippen molar-refractivity contribution in [1.29, 1.82) is 0 Å². The van der Waals surface area contributed by atoms with Crippen LogP contribution >= 0.6 is 11.3 Å². The van der Waals surface area contributed by atoms with E-state index in [1.807, 2.05) is 45.5 Å². The molecule has 192 valence electrons. The highest BCUT2D eigenvalue weighted by atomic mass is 32.1. The monoisotopic (exact) mass is 510 g/mol. The van der Waals surface area contributed by atoms with Gasteiger partial charge in [0.2, 0.25) is 11.8 Å². The van der Waals surface area contributed by atoms with E-state index in [1.54, 1.807) is 18.1 Å². The molecule has 1 N–H and O–H groups in total. The summed E-state index contributed by atoms with van der Waals surface area (Å²) in [7, 11) is 1.63. The van der Waals surface area contributed by atoms with E-state index in [2.05, 4.69) is 5.32 Å². The third-order valence-electron chi connectivity index (χ3n) is 7.35. The van der Waals surface area contributed by atoms with Crippen molar-refractivity contribution in [2.75, 3.05) is 39.8 Å². The Morgan fingerprint density at radius 3 is 2.75 bits per heavy atom. The third-order valence-corrected chi connectivity index (χ3v) is 8.20. The summed E-state index contributed by atoms with van der Waals surface area (Å²) in [5.41, 5.74) is 0.979. The predicted octanol–water partition coefficient (Wildman–Crippen LogP) is 2.60. The summed E-state index contributed by atoms with van der Waals surface area (Å²) < 4.78 is 5.39. The Bertz CT molecular complexity index is 1080. The molecule has 3 heterocycles. The highest BCUT2D eigenvalue weighted by Crippen LogP contribution is 2.35. The van der Waals surface area contributed by atoms with Gasteiger partial charge in [-0.05, 0) is 61.4 Å². The topological polar surface area (TPSA) is 82.2 Å². The van der Waals surface area contributed by atoms with Gasteiger partial charge in [-0.15, -0.1) is 11.3 Å². The van der Waals surface area contributed by atoms with Crippen molar-refractivity contribution in [3.05, 3.63) is 52.2 Å². The van der Waals surface area contributed by atoms with Crippen molar-refractivity contribution in [1.82, 2.24) is 20.0 Å². The Kier molecular flexibility index (Phi) is 7.57. The minimum atomic E-state index is -0.567. The third kappa shape index (κ3) is 5.42. The summed E-state index contributed by atoms with van der Waals surface area (Å²) in [4.78, 5) is 46.9. The Morgan fingerprint density at radius 2 is 2.00 bits per heavy atom. The van der Waals surface area contributed by atoms with Crippen molar-refractivity contribution in [2.45, 2.75) is 44.3 Å². The van der Waals surface area contributed by atoms with Crippen LogP contribution in [0.3, 0.4) is 0 Å². The van der Waals surface area contributed by atoms with Crippen LogP contribution in [0.5, 0.6) is 5.75 Å². The van der Waals surface area contributed by atoms with Gasteiger partial charge in [0.15, 0.2) is 0 Å². The Morgan fingerprint density at radius 1 is 1.14 bits per heavy atom. The van der Waals surface area contributed by atoms with Crippen LogP contribution in [0.1, 0.15) is 40.9 Å². The van der Waals surface area contributed by atoms with Crippen LogP contribution in [0.2, 0.25) is 0 Å². The van der Waals surface area contributed by atoms with Crippen LogP contribution in [-0.2, 0) is 16.1 Å². The van der Waals surface area contributed by atoms with Crippen molar-refractivity contribution in [3.8, 4) is 5.75 Å². The molecule has 3 fully saturated rings. The second kappa shape index (κ2) is 11.0. The fourth-order valence-corrected chi connectivity index (χ4v) is 5.92. The van der Waals surface area contributed by atoms with E-state index in [-0.39, 0.29) is 29.7 Å². The van der Waals surface area contributed by atoms with Crippen molar-refractivity contribution < 1.29 is 19.1 Å². The van der Waals surface area contributed by atoms with E-state index in [0.717, 1.165) is 43.7 Å². The minimum absolute atomic E-state index is 0.00805. The van der Waals surface area contributed by atoms with Gasteiger partial charge in [0.25, 0.3) is 5.91 Å². The lowest BCUT2D eigenvalue weighted by Gasteiger charge is -2.29. The molecule has 1 aliphatic carbocycles. The second-order valence-electron chi connectivity index (χ2n) is 9.86. The number of likely N-dealkylation sites (tertiary alicyclic amines) is 1. The molecule has 2 unspecified atom stereocenters. The molecular formula is C27H34N4O4S. The van der Waals surface area contributed by atoms with Crippen molar-refractivity contribution in [2.24, 2.45) is 5.92 Å². The molecule has 0 radical (unpaired) electrons. The molecule has 36 heavy (non-hydrogen) atoms. The molecule has 2 aromatic rings. The van der Waals surface area contributed by atoms with Crippen molar-refractivity contribution >= 4 is 29.1 Å². The molecule has 3 aliphatic rings. The smallest absolute Gasteiger partial charge is 0.264 e. The first-order valence-electron chi connectivity index (χ1n) is 12.8. The number of carbonyl (C=O) groups excluding carboxylic acids is 3. The summed E-state index contributed by atoms with van der Waals surface area (Å²) in [5, 5.41) is 5.22. The van der Waals surface area contributed by atoms with Gasteiger partial charge in [0.05, 0.1) is 18.0 Å². The van der Waals surface area contributed by atoms with E-state index >= 15 is 0 Å². The average Bonchev–Trinajstić information content (AvgIpc) is 3.54. The molecule has 1 aromatic heterocycles. The van der Waals surface area contributed by atoms with E-state index in [1.165, 1.54) is 11.3 Å². The maximum Gasteiger partial charge on any atom is 0.264 e. The number of carbonyl (C=O) groups is 3. The number of nitrogens with zero attached hydrogens (tertiary/aromatic N) is 3. The van der Waals surface area contributed by atoms with Crippen molar-refractivity contribution in [3.63, 3.8) is 0 Å². The van der Waals surface area contributed by atoms with Gasteiger partial charge in [0.1, 0.15) is 11.8 Å². The van der Waals surface area contributed by atoms with Gasteiger partial charge in [-0.3, -0.25) is 14.4 Å². The number of thiophene rings is 1. The molecule has 2 atom stereocenters. The first kappa shape index (κ1) is 24.8. The van der Waals surface area contributed by atoms with Gasteiger partial charge in [-0.1, -0.05) is 18.2 Å². The maximum absolute atomic E-state index is 13.8. The summed E-state index contributed by atoms with van der Waals surface area (Å²) in [5.74, 6) is 0.780. The number of methoxy groups -OCH3 is 1. The molecule has 2 aliphatic heterocycles. The van der Waals surface area contributed by atoms with Crippen LogP contribution in [0.4, 0.5) is 0 Å². The summed E-state index contributed by atoms with van der Waals surface area (Å²) in [6.45, 7) is 3.76. The zero-order valence-corrected chi connectivity index (χ0v) is 21.5. The van der Waals surface area contributed by atoms with E-state index < -0.39 is 6.04 Å². The van der Waals surface area contributed by atoms with E-state index in [9.17, 15) is 14.4 Å². The molecule has 2 saturated heterocycles. The first-order valence-corrected chi connectivity index (χ1v) is 13.7. The summed E-state index contributed by atoms with van der Waals surface area (Å²) in [6.07, 6.45) is 3.16. The zero-order chi connectivity index (χ0) is 25.1. The molecule has 1 saturated carbocycles. The maximum atomic E-state index is 13.8. The molecular weight excluding hydrogens is 476 g/mol. The highest BCUT2D eigenvalue weighted by molar-refractivity contribution is 7.12. The van der Waals surface area contributed by atoms with Gasteiger partial charge in [-0.2, -0.15) is 0 Å². The average molecular weight is 511 g/mol. The minimum Gasteiger partial charge on any atom is -0.497 e. The Labute approximate surface area is 216 Å². The molecule has 1 aromatic carbocycles.